The van der Waals surface area contributed by atoms with Crippen molar-refractivity contribution >= 4 is 23.3 Å². The lowest BCUT2D eigenvalue weighted by atomic mass is 10.2. The quantitative estimate of drug-likeness (QED) is 0.360. The zero-order valence-electron chi connectivity index (χ0n) is 14.4. The Balaban J connectivity index is 1.70. The summed E-state index contributed by atoms with van der Waals surface area (Å²) in [5.41, 5.74) is 3.67. The summed E-state index contributed by atoms with van der Waals surface area (Å²) in [4.78, 5) is 20.5. The summed E-state index contributed by atoms with van der Waals surface area (Å²) in [6, 6.07) is 19.4. The Labute approximate surface area is 159 Å². The average molecular weight is 378 g/mol. The number of para-hydroxylation sites is 1. The lowest BCUT2D eigenvalue weighted by molar-refractivity contribution is -0.394. The summed E-state index contributed by atoms with van der Waals surface area (Å²) in [6.45, 7) is 0. The van der Waals surface area contributed by atoms with E-state index in [1.807, 2.05) is 30.3 Å². The van der Waals surface area contributed by atoms with Gasteiger partial charge >= 0.3 is 5.69 Å². The fourth-order valence-electron chi connectivity index (χ4n) is 2.29. The maximum absolute atomic E-state index is 11.2. The molecule has 9 heteroatoms. The molecular weight excluding hydrogens is 364 g/mol. The van der Waals surface area contributed by atoms with Gasteiger partial charge in [-0.2, -0.15) is 5.10 Å². The van der Waals surface area contributed by atoms with Crippen LogP contribution in [0.25, 0.3) is 0 Å². The molecule has 9 nitrogen and oxygen atoms in total. The number of non-ortho nitro benzene ring substituents is 1. The Morgan fingerprint density at radius 2 is 1.61 bits per heavy atom. The highest BCUT2D eigenvalue weighted by Gasteiger charge is 2.21. The standard InChI is InChI=1S/C19H14N4O5/c24-22(25)16-8-11-19(18(12-16)23(26)27)28-17-9-6-14(7-10-17)13-20-21-15-4-2-1-3-5-15/h1-13,21H. The van der Waals surface area contributed by atoms with Crippen molar-refractivity contribution in [1.29, 1.82) is 0 Å². The van der Waals surface area contributed by atoms with Crippen molar-refractivity contribution in [3.05, 3.63) is 98.6 Å². The first kappa shape index (κ1) is 18.5. The van der Waals surface area contributed by atoms with E-state index >= 15 is 0 Å². The third kappa shape index (κ3) is 4.67. The van der Waals surface area contributed by atoms with Crippen molar-refractivity contribution in [2.75, 3.05) is 5.43 Å². The van der Waals surface area contributed by atoms with Gasteiger partial charge in [0, 0.05) is 6.07 Å². The molecule has 3 aromatic rings. The number of ether oxygens (including phenoxy) is 1. The highest BCUT2D eigenvalue weighted by Crippen LogP contribution is 2.34. The number of rotatable bonds is 7. The normalized spacial score (nSPS) is 10.6. The van der Waals surface area contributed by atoms with Gasteiger partial charge in [-0.05, 0) is 48.0 Å². The van der Waals surface area contributed by atoms with Gasteiger partial charge in [0.15, 0.2) is 0 Å². The van der Waals surface area contributed by atoms with E-state index < -0.39 is 15.5 Å². The third-order valence-corrected chi connectivity index (χ3v) is 3.64. The van der Waals surface area contributed by atoms with Crippen LogP contribution in [0.4, 0.5) is 17.1 Å². The van der Waals surface area contributed by atoms with Crippen molar-refractivity contribution in [2.24, 2.45) is 5.10 Å². The molecule has 0 fully saturated rings. The van der Waals surface area contributed by atoms with Crippen LogP contribution in [0.2, 0.25) is 0 Å². The molecule has 0 heterocycles. The van der Waals surface area contributed by atoms with E-state index in [1.165, 1.54) is 6.07 Å². The van der Waals surface area contributed by atoms with Crippen LogP contribution in [0, 0.1) is 20.2 Å². The fraction of sp³-hybridized carbons (Fsp3) is 0. The molecule has 28 heavy (non-hydrogen) atoms. The molecule has 0 atom stereocenters. The van der Waals surface area contributed by atoms with Crippen LogP contribution in [0.5, 0.6) is 11.5 Å². The topological polar surface area (TPSA) is 120 Å². The summed E-state index contributed by atoms with van der Waals surface area (Å²) in [7, 11) is 0. The van der Waals surface area contributed by atoms with Gasteiger partial charge in [0.05, 0.1) is 27.8 Å². The molecule has 0 aliphatic carbocycles. The molecule has 0 aromatic heterocycles. The Kier molecular flexibility index (Phi) is 5.56. The maximum Gasteiger partial charge on any atom is 0.318 e. The minimum atomic E-state index is -0.724. The monoisotopic (exact) mass is 378 g/mol. The number of nitrogens with one attached hydrogen (secondary N) is 1. The second-order valence-corrected chi connectivity index (χ2v) is 5.57. The number of hydrogen-bond acceptors (Lipinski definition) is 7. The minimum Gasteiger partial charge on any atom is -0.450 e. The molecule has 140 valence electrons. The van der Waals surface area contributed by atoms with Crippen LogP contribution in [0.15, 0.2) is 77.9 Å². The number of hydrazone groups is 1. The van der Waals surface area contributed by atoms with Gasteiger partial charge < -0.3 is 4.74 Å². The van der Waals surface area contributed by atoms with Crippen molar-refractivity contribution in [3.8, 4) is 11.5 Å². The zero-order valence-corrected chi connectivity index (χ0v) is 14.4. The largest absolute Gasteiger partial charge is 0.450 e. The van der Waals surface area contributed by atoms with Gasteiger partial charge in [-0.25, -0.2) is 0 Å². The summed E-state index contributed by atoms with van der Waals surface area (Å²) >= 11 is 0. The Morgan fingerprint density at radius 3 is 2.25 bits per heavy atom. The summed E-state index contributed by atoms with van der Waals surface area (Å²) in [6.07, 6.45) is 1.62. The minimum absolute atomic E-state index is 0.0808. The predicted octanol–water partition coefficient (Wildman–Crippen LogP) is 4.74. The second-order valence-electron chi connectivity index (χ2n) is 5.57. The Hall–Kier alpha value is -4.27. The number of nitro benzene ring substituents is 2. The van der Waals surface area contributed by atoms with Gasteiger partial charge in [-0.3, -0.25) is 25.7 Å². The number of benzene rings is 3. The van der Waals surface area contributed by atoms with Crippen LogP contribution in [-0.2, 0) is 0 Å². The van der Waals surface area contributed by atoms with Crippen molar-refractivity contribution < 1.29 is 14.6 Å². The van der Waals surface area contributed by atoms with E-state index in [0.29, 0.717) is 5.75 Å². The molecular formula is C19H14N4O5. The Morgan fingerprint density at radius 1 is 0.893 bits per heavy atom. The van der Waals surface area contributed by atoms with Gasteiger partial charge in [0.2, 0.25) is 5.75 Å². The summed E-state index contributed by atoms with van der Waals surface area (Å²) in [5.74, 6) is 0.271. The predicted molar refractivity (Wildman–Crippen MR) is 104 cm³/mol. The highest BCUT2D eigenvalue weighted by atomic mass is 16.6. The first-order chi connectivity index (χ1) is 13.5. The van der Waals surface area contributed by atoms with Crippen LogP contribution < -0.4 is 10.2 Å². The second kappa shape index (κ2) is 8.41. The first-order valence-electron chi connectivity index (χ1n) is 8.08. The number of nitro groups is 2. The van der Waals surface area contributed by atoms with Gasteiger partial charge in [-0.1, -0.05) is 18.2 Å². The molecule has 1 N–H and O–H groups in total. The third-order valence-electron chi connectivity index (χ3n) is 3.64. The average Bonchev–Trinajstić information content (AvgIpc) is 2.70. The molecule has 0 unspecified atom stereocenters. The van der Waals surface area contributed by atoms with Gasteiger partial charge in [-0.15, -0.1) is 0 Å². The molecule has 0 bridgehead atoms. The molecule has 0 saturated heterocycles. The van der Waals surface area contributed by atoms with Gasteiger partial charge in [0.25, 0.3) is 5.69 Å². The highest BCUT2D eigenvalue weighted by molar-refractivity contribution is 5.80. The molecule has 0 saturated carbocycles. The van der Waals surface area contributed by atoms with Crippen molar-refractivity contribution in [2.45, 2.75) is 0 Å². The van der Waals surface area contributed by atoms with Crippen molar-refractivity contribution in [3.63, 3.8) is 0 Å². The molecule has 0 amide bonds. The van der Waals surface area contributed by atoms with Gasteiger partial charge in [0.1, 0.15) is 5.75 Å². The van der Waals surface area contributed by atoms with Crippen LogP contribution in [-0.4, -0.2) is 16.1 Å². The van der Waals surface area contributed by atoms with E-state index in [-0.39, 0.29) is 11.4 Å². The number of hydrogen-bond donors (Lipinski definition) is 1. The molecule has 3 aromatic carbocycles. The van der Waals surface area contributed by atoms with Crippen molar-refractivity contribution in [1.82, 2.24) is 0 Å². The van der Waals surface area contributed by atoms with E-state index in [4.69, 9.17) is 4.74 Å². The Bertz CT molecular complexity index is 1020. The maximum atomic E-state index is 11.2. The lowest BCUT2D eigenvalue weighted by Crippen LogP contribution is -1.96. The number of anilines is 1. The molecule has 0 radical (unpaired) electrons. The van der Waals surface area contributed by atoms with E-state index in [1.54, 1.807) is 30.5 Å². The summed E-state index contributed by atoms with van der Waals surface area (Å²) in [5, 5.41) is 26.1. The van der Waals surface area contributed by atoms with Crippen LogP contribution in [0.3, 0.4) is 0 Å². The first-order valence-corrected chi connectivity index (χ1v) is 8.08. The SMILES string of the molecule is O=[N+]([O-])c1ccc(Oc2ccc(C=NNc3ccccc3)cc2)c([N+](=O)[O-])c1. The fourth-order valence-corrected chi connectivity index (χ4v) is 2.29. The number of nitrogens with zero attached hydrogens (tertiary/aromatic N) is 3. The molecule has 3 rings (SSSR count). The van der Waals surface area contributed by atoms with E-state index in [0.717, 1.165) is 23.4 Å². The smallest absolute Gasteiger partial charge is 0.318 e. The molecule has 0 aliphatic rings. The van der Waals surface area contributed by atoms with Crippen LogP contribution in [0.1, 0.15) is 5.56 Å². The molecule has 0 spiro atoms. The lowest BCUT2D eigenvalue weighted by Gasteiger charge is -2.06. The summed E-state index contributed by atoms with van der Waals surface area (Å²) < 4.78 is 5.51. The molecule has 0 aliphatic heterocycles. The zero-order chi connectivity index (χ0) is 19.9. The van der Waals surface area contributed by atoms with E-state index in [9.17, 15) is 20.2 Å². The van der Waals surface area contributed by atoms with E-state index in [2.05, 4.69) is 10.5 Å². The van der Waals surface area contributed by atoms with Crippen LogP contribution >= 0.6 is 0 Å².